The van der Waals surface area contributed by atoms with Gasteiger partial charge >= 0.3 is 5.97 Å². The summed E-state index contributed by atoms with van der Waals surface area (Å²) in [6, 6.07) is 4.92. The largest absolute Gasteiger partial charge is 0.478 e. The lowest BCUT2D eigenvalue weighted by atomic mass is 10.1. The molecule has 0 heterocycles. The van der Waals surface area contributed by atoms with Gasteiger partial charge in [-0.25, -0.2) is 4.79 Å². The van der Waals surface area contributed by atoms with Crippen molar-refractivity contribution in [1.82, 2.24) is 5.12 Å². The molecule has 0 aromatic heterocycles. The van der Waals surface area contributed by atoms with Crippen molar-refractivity contribution in [2.45, 2.75) is 39.7 Å². The van der Waals surface area contributed by atoms with Crippen LogP contribution in [0.25, 0.3) is 0 Å². The van der Waals surface area contributed by atoms with Gasteiger partial charge in [-0.2, -0.15) is 0 Å². The number of carboxylic acid groups (broad SMARTS) is 1. The lowest BCUT2D eigenvalue weighted by Crippen LogP contribution is -2.34. The zero-order valence-electron chi connectivity index (χ0n) is 13.6. The molecule has 1 aromatic carbocycles. The molecule has 0 amide bonds. The number of halogens is 1. The van der Waals surface area contributed by atoms with Crippen LogP contribution in [0.4, 0.5) is 15.9 Å². The Morgan fingerprint density at radius 1 is 1.32 bits per heavy atom. The van der Waals surface area contributed by atoms with E-state index in [1.54, 1.807) is 12.1 Å². The summed E-state index contributed by atoms with van der Waals surface area (Å²) in [7, 11) is 0. The molecule has 0 bridgehead atoms. The number of nitrogens with two attached hydrogens (primary N) is 1. The molecule has 0 saturated heterocycles. The Balaban J connectivity index is 2.77. The van der Waals surface area contributed by atoms with Crippen molar-refractivity contribution in [2.75, 3.05) is 30.3 Å². The summed E-state index contributed by atoms with van der Waals surface area (Å²) < 4.78 is 13.4. The number of hydrogen-bond acceptors (Lipinski definition) is 4. The van der Waals surface area contributed by atoms with Crippen molar-refractivity contribution in [3.63, 3.8) is 0 Å². The zero-order chi connectivity index (χ0) is 16.7. The van der Waals surface area contributed by atoms with Crippen LogP contribution in [0.5, 0.6) is 0 Å². The first-order valence-corrected chi connectivity index (χ1v) is 7.67. The minimum atomic E-state index is -0.998. The molecule has 3 N–H and O–H groups in total. The molecule has 0 aliphatic carbocycles. The summed E-state index contributed by atoms with van der Waals surface area (Å²) in [4.78, 5) is 13.0. The standard InChI is InChI=1S/C16H26FN3O2/c1-4-8-19(17)9-5-10-20(12(2)3)15-7-6-13(16(21)22)11-14(15)18/h6-7,11-12H,4-5,8-10,18H2,1-3H3,(H,21,22). The fourth-order valence-corrected chi connectivity index (χ4v) is 2.37. The Bertz CT molecular complexity index is 494. The third-order valence-corrected chi connectivity index (χ3v) is 3.47. The van der Waals surface area contributed by atoms with Crippen LogP contribution in [0, 0.1) is 0 Å². The highest BCUT2D eigenvalue weighted by Gasteiger charge is 2.15. The fraction of sp³-hybridized carbons (Fsp3) is 0.562. The Kier molecular flexibility index (Phi) is 7.11. The summed E-state index contributed by atoms with van der Waals surface area (Å²) in [5, 5.41) is 9.81. The van der Waals surface area contributed by atoms with Crippen LogP contribution in [0.1, 0.15) is 44.0 Å². The van der Waals surface area contributed by atoms with Crippen molar-refractivity contribution in [1.29, 1.82) is 0 Å². The molecule has 0 unspecified atom stereocenters. The van der Waals surface area contributed by atoms with Crippen LogP contribution >= 0.6 is 0 Å². The van der Waals surface area contributed by atoms with Crippen LogP contribution < -0.4 is 10.6 Å². The first-order valence-electron chi connectivity index (χ1n) is 7.67. The second kappa shape index (κ2) is 8.58. The lowest BCUT2D eigenvalue weighted by Gasteiger charge is -2.30. The maximum atomic E-state index is 13.4. The number of benzene rings is 1. The van der Waals surface area contributed by atoms with E-state index in [1.165, 1.54) is 6.07 Å². The topological polar surface area (TPSA) is 69.8 Å². The van der Waals surface area contributed by atoms with E-state index in [1.807, 2.05) is 20.8 Å². The molecule has 0 spiro atoms. The molecule has 22 heavy (non-hydrogen) atoms. The van der Waals surface area contributed by atoms with E-state index in [4.69, 9.17) is 10.8 Å². The van der Waals surface area contributed by atoms with Crippen molar-refractivity contribution in [3.05, 3.63) is 23.8 Å². The minimum absolute atomic E-state index is 0.169. The molecule has 5 nitrogen and oxygen atoms in total. The molecule has 6 heteroatoms. The number of rotatable bonds is 9. The normalized spacial score (nSPS) is 11.2. The zero-order valence-corrected chi connectivity index (χ0v) is 13.6. The van der Waals surface area contributed by atoms with Crippen LogP contribution in [0.2, 0.25) is 0 Å². The predicted octanol–water partition coefficient (Wildman–Crippen LogP) is 3.17. The average molecular weight is 311 g/mol. The molecule has 1 rings (SSSR count). The SMILES string of the molecule is CCCN(F)CCCN(c1ccc(C(=O)O)cc1N)C(C)C. The highest BCUT2D eigenvalue weighted by molar-refractivity contribution is 5.90. The summed E-state index contributed by atoms with van der Waals surface area (Å²) in [5.74, 6) is -0.998. The Morgan fingerprint density at radius 3 is 2.50 bits per heavy atom. The summed E-state index contributed by atoms with van der Waals surface area (Å²) in [6.07, 6.45) is 1.46. The van der Waals surface area contributed by atoms with E-state index in [2.05, 4.69) is 4.90 Å². The first kappa shape index (κ1) is 18.2. The van der Waals surface area contributed by atoms with Crippen LogP contribution in [0.3, 0.4) is 0 Å². The molecule has 0 aliphatic rings. The molecule has 124 valence electrons. The van der Waals surface area contributed by atoms with Crippen molar-refractivity contribution < 1.29 is 14.4 Å². The number of hydrogen-bond donors (Lipinski definition) is 2. The Hall–Kier alpha value is -1.82. The number of carbonyl (C=O) groups is 1. The van der Waals surface area contributed by atoms with E-state index in [0.29, 0.717) is 31.7 Å². The van der Waals surface area contributed by atoms with E-state index in [0.717, 1.165) is 17.2 Å². The number of aromatic carboxylic acids is 1. The molecular weight excluding hydrogens is 285 g/mol. The van der Waals surface area contributed by atoms with Gasteiger partial charge in [0.1, 0.15) is 0 Å². The molecule has 0 saturated carbocycles. The van der Waals surface area contributed by atoms with Gasteiger partial charge in [0.2, 0.25) is 0 Å². The third-order valence-electron chi connectivity index (χ3n) is 3.47. The van der Waals surface area contributed by atoms with E-state index in [9.17, 15) is 9.28 Å². The lowest BCUT2D eigenvalue weighted by molar-refractivity contribution is 0.0250. The van der Waals surface area contributed by atoms with Gasteiger partial charge in [0.05, 0.1) is 16.9 Å². The van der Waals surface area contributed by atoms with E-state index in [-0.39, 0.29) is 11.6 Å². The van der Waals surface area contributed by atoms with Gasteiger partial charge in [0, 0.05) is 25.7 Å². The monoisotopic (exact) mass is 311 g/mol. The summed E-state index contributed by atoms with van der Waals surface area (Å²) >= 11 is 0. The molecule has 0 atom stereocenters. The number of nitrogen functional groups attached to an aromatic ring is 1. The van der Waals surface area contributed by atoms with Gasteiger partial charge in [0.15, 0.2) is 0 Å². The van der Waals surface area contributed by atoms with Gasteiger partial charge in [-0.05, 0) is 44.9 Å². The summed E-state index contributed by atoms with van der Waals surface area (Å²) in [5.41, 5.74) is 7.38. The minimum Gasteiger partial charge on any atom is -0.478 e. The van der Waals surface area contributed by atoms with Crippen molar-refractivity contribution >= 4 is 17.3 Å². The van der Waals surface area contributed by atoms with Crippen molar-refractivity contribution in [2.24, 2.45) is 0 Å². The molecule has 0 aliphatic heterocycles. The fourth-order valence-electron chi connectivity index (χ4n) is 2.37. The maximum Gasteiger partial charge on any atom is 0.335 e. The summed E-state index contributed by atoms with van der Waals surface area (Å²) in [6.45, 7) is 7.49. The van der Waals surface area contributed by atoms with E-state index < -0.39 is 5.97 Å². The quantitative estimate of drug-likeness (QED) is 0.541. The maximum absolute atomic E-state index is 13.4. The Labute approximate surface area is 131 Å². The van der Waals surface area contributed by atoms with Crippen LogP contribution in [-0.2, 0) is 0 Å². The van der Waals surface area contributed by atoms with Gasteiger partial charge in [-0.3, -0.25) is 0 Å². The molecular formula is C16H26FN3O2. The Morgan fingerprint density at radius 2 is 2.00 bits per heavy atom. The van der Waals surface area contributed by atoms with Crippen LogP contribution in [-0.4, -0.2) is 41.9 Å². The highest BCUT2D eigenvalue weighted by Crippen LogP contribution is 2.26. The third kappa shape index (κ3) is 5.18. The number of nitrogens with zero attached hydrogens (tertiary/aromatic N) is 2. The van der Waals surface area contributed by atoms with Gasteiger partial charge < -0.3 is 15.7 Å². The van der Waals surface area contributed by atoms with Crippen molar-refractivity contribution in [3.8, 4) is 0 Å². The second-order valence-electron chi connectivity index (χ2n) is 5.63. The molecule has 1 aromatic rings. The first-order chi connectivity index (χ1) is 10.4. The molecule has 0 fully saturated rings. The van der Waals surface area contributed by atoms with Gasteiger partial charge in [-0.15, -0.1) is 9.60 Å². The van der Waals surface area contributed by atoms with E-state index >= 15 is 0 Å². The number of carboxylic acids is 1. The highest BCUT2D eigenvalue weighted by atomic mass is 19.2. The smallest absolute Gasteiger partial charge is 0.335 e. The second-order valence-corrected chi connectivity index (χ2v) is 5.63. The predicted molar refractivity (Wildman–Crippen MR) is 87.9 cm³/mol. The molecule has 0 radical (unpaired) electrons. The van der Waals surface area contributed by atoms with Crippen LogP contribution in [0.15, 0.2) is 18.2 Å². The number of anilines is 2. The van der Waals surface area contributed by atoms with Gasteiger partial charge in [-0.1, -0.05) is 6.92 Å². The average Bonchev–Trinajstić information content (AvgIpc) is 2.44. The van der Waals surface area contributed by atoms with Gasteiger partial charge in [0.25, 0.3) is 0 Å².